The molecule has 1 saturated heterocycles. The minimum atomic E-state index is -0.131. The van der Waals surface area contributed by atoms with E-state index in [9.17, 15) is 4.39 Å². The smallest absolute Gasteiger partial charge is 0.123 e. The Morgan fingerprint density at radius 1 is 1.11 bits per heavy atom. The maximum Gasteiger partial charge on any atom is 0.123 e. The van der Waals surface area contributed by atoms with Gasteiger partial charge in [0, 0.05) is 5.54 Å². The summed E-state index contributed by atoms with van der Waals surface area (Å²) < 4.78 is 13.0. The van der Waals surface area contributed by atoms with Crippen molar-refractivity contribution in [3.05, 3.63) is 35.6 Å². The van der Waals surface area contributed by atoms with E-state index in [1.807, 2.05) is 12.1 Å². The lowest BCUT2D eigenvalue weighted by Gasteiger charge is -2.34. The molecular weight excluding hydrogens is 225 g/mol. The van der Waals surface area contributed by atoms with Gasteiger partial charge in [0.15, 0.2) is 0 Å². The highest BCUT2D eigenvalue weighted by Crippen LogP contribution is 2.45. The lowest BCUT2D eigenvalue weighted by molar-refractivity contribution is 0.271. The zero-order valence-electron chi connectivity index (χ0n) is 10.9. The van der Waals surface area contributed by atoms with Crippen LogP contribution in [0, 0.1) is 11.7 Å². The van der Waals surface area contributed by atoms with Gasteiger partial charge in [0.2, 0.25) is 0 Å². The molecule has 0 spiro atoms. The van der Waals surface area contributed by atoms with Gasteiger partial charge in [0.05, 0.1) is 0 Å². The predicted molar refractivity (Wildman–Crippen MR) is 72.0 cm³/mol. The van der Waals surface area contributed by atoms with E-state index < -0.39 is 0 Å². The molecule has 0 radical (unpaired) electrons. The van der Waals surface area contributed by atoms with E-state index in [2.05, 4.69) is 5.32 Å². The van der Waals surface area contributed by atoms with Crippen LogP contribution in [-0.2, 0) is 6.42 Å². The van der Waals surface area contributed by atoms with Gasteiger partial charge in [-0.05, 0) is 62.3 Å². The van der Waals surface area contributed by atoms with E-state index in [1.54, 1.807) is 12.1 Å². The first-order chi connectivity index (χ1) is 8.78. The third-order valence-corrected chi connectivity index (χ3v) is 4.57. The van der Waals surface area contributed by atoms with Crippen molar-refractivity contribution in [2.45, 2.75) is 50.5 Å². The first-order valence-corrected chi connectivity index (χ1v) is 7.28. The zero-order chi connectivity index (χ0) is 12.4. The first-order valence-electron chi connectivity index (χ1n) is 7.28. The fraction of sp³-hybridized carbons (Fsp3) is 0.625. The van der Waals surface area contributed by atoms with Gasteiger partial charge in [-0.25, -0.2) is 4.39 Å². The Morgan fingerprint density at radius 2 is 1.89 bits per heavy atom. The Morgan fingerprint density at radius 3 is 2.61 bits per heavy atom. The second-order valence-electron chi connectivity index (χ2n) is 5.97. The molecule has 3 rings (SSSR count). The van der Waals surface area contributed by atoms with Crippen LogP contribution in [0.25, 0.3) is 0 Å². The number of benzene rings is 1. The first kappa shape index (κ1) is 12.2. The monoisotopic (exact) mass is 247 g/mol. The molecule has 1 aromatic rings. The molecule has 18 heavy (non-hydrogen) atoms. The Labute approximate surface area is 109 Å². The molecule has 1 N–H and O–H groups in total. The van der Waals surface area contributed by atoms with Crippen LogP contribution in [0.3, 0.4) is 0 Å². The van der Waals surface area contributed by atoms with Crippen molar-refractivity contribution in [2.24, 2.45) is 5.92 Å². The summed E-state index contributed by atoms with van der Waals surface area (Å²) in [6.45, 7) is 1.15. The molecule has 0 aromatic heterocycles. The largest absolute Gasteiger partial charge is 0.311 e. The van der Waals surface area contributed by atoms with E-state index in [0.717, 1.165) is 18.9 Å². The number of rotatable bonds is 3. The number of hydrogen-bond donors (Lipinski definition) is 1. The fourth-order valence-electron chi connectivity index (χ4n) is 3.41. The number of hydrogen-bond acceptors (Lipinski definition) is 1. The van der Waals surface area contributed by atoms with Crippen LogP contribution in [0.2, 0.25) is 0 Å². The van der Waals surface area contributed by atoms with Gasteiger partial charge in [-0.2, -0.15) is 0 Å². The van der Waals surface area contributed by atoms with Gasteiger partial charge in [-0.1, -0.05) is 25.0 Å². The van der Waals surface area contributed by atoms with Crippen molar-refractivity contribution in [3.63, 3.8) is 0 Å². The standard InChI is InChI=1S/C16H22FN/c17-15-8-4-13(5-9-15)12-16(14-6-7-14)10-2-1-3-11-18-16/h4-5,8-9,14,18H,1-3,6-7,10-12H2. The van der Waals surface area contributed by atoms with Crippen molar-refractivity contribution in [1.29, 1.82) is 0 Å². The summed E-state index contributed by atoms with van der Waals surface area (Å²) in [4.78, 5) is 0. The Hall–Kier alpha value is -0.890. The van der Waals surface area contributed by atoms with Gasteiger partial charge in [-0.3, -0.25) is 0 Å². The SMILES string of the molecule is Fc1ccc(CC2(C3CC3)CCCCCN2)cc1. The topological polar surface area (TPSA) is 12.0 Å². The van der Waals surface area contributed by atoms with Crippen LogP contribution in [-0.4, -0.2) is 12.1 Å². The molecule has 1 nitrogen and oxygen atoms in total. The second kappa shape index (κ2) is 5.00. The number of halogens is 1. The van der Waals surface area contributed by atoms with Gasteiger partial charge in [0.1, 0.15) is 5.82 Å². The van der Waals surface area contributed by atoms with Gasteiger partial charge < -0.3 is 5.32 Å². The molecule has 2 fully saturated rings. The van der Waals surface area contributed by atoms with E-state index in [-0.39, 0.29) is 5.82 Å². The summed E-state index contributed by atoms with van der Waals surface area (Å²) in [6.07, 6.45) is 9.09. The summed E-state index contributed by atoms with van der Waals surface area (Å²) in [5.74, 6) is 0.716. The fourth-order valence-corrected chi connectivity index (χ4v) is 3.41. The molecule has 98 valence electrons. The normalized spacial score (nSPS) is 28.9. The van der Waals surface area contributed by atoms with Gasteiger partial charge in [0.25, 0.3) is 0 Å². The van der Waals surface area contributed by atoms with Crippen molar-refractivity contribution < 1.29 is 4.39 Å². The van der Waals surface area contributed by atoms with Crippen LogP contribution >= 0.6 is 0 Å². The van der Waals surface area contributed by atoms with Crippen LogP contribution < -0.4 is 5.32 Å². The summed E-state index contributed by atoms with van der Waals surface area (Å²) >= 11 is 0. The molecular formula is C16H22FN. The molecule has 1 aromatic carbocycles. The Kier molecular flexibility index (Phi) is 3.38. The minimum Gasteiger partial charge on any atom is -0.311 e. The molecule has 1 aliphatic heterocycles. The molecule has 1 saturated carbocycles. The lowest BCUT2D eigenvalue weighted by atomic mass is 9.82. The van der Waals surface area contributed by atoms with Crippen molar-refractivity contribution in [3.8, 4) is 0 Å². The second-order valence-corrected chi connectivity index (χ2v) is 5.97. The quantitative estimate of drug-likeness (QED) is 0.859. The van der Waals surface area contributed by atoms with Gasteiger partial charge >= 0.3 is 0 Å². The molecule has 2 heteroatoms. The molecule has 0 amide bonds. The van der Waals surface area contributed by atoms with Crippen molar-refractivity contribution in [1.82, 2.24) is 5.32 Å². The summed E-state index contributed by atoms with van der Waals surface area (Å²) in [5.41, 5.74) is 1.58. The summed E-state index contributed by atoms with van der Waals surface area (Å²) in [6, 6.07) is 7.08. The van der Waals surface area contributed by atoms with E-state index in [4.69, 9.17) is 0 Å². The zero-order valence-corrected chi connectivity index (χ0v) is 10.9. The highest BCUT2D eigenvalue weighted by atomic mass is 19.1. The van der Waals surface area contributed by atoms with Crippen LogP contribution in [0.1, 0.15) is 44.1 Å². The minimum absolute atomic E-state index is 0.131. The Balaban J connectivity index is 1.78. The average molecular weight is 247 g/mol. The van der Waals surface area contributed by atoms with E-state index in [0.29, 0.717) is 5.54 Å². The summed E-state index contributed by atoms with van der Waals surface area (Å²) in [5, 5.41) is 3.83. The van der Waals surface area contributed by atoms with Crippen LogP contribution in [0.5, 0.6) is 0 Å². The van der Waals surface area contributed by atoms with Crippen LogP contribution in [0.4, 0.5) is 4.39 Å². The third kappa shape index (κ3) is 2.59. The van der Waals surface area contributed by atoms with Gasteiger partial charge in [-0.15, -0.1) is 0 Å². The molecule has 1 aliphatic carbocycles. The molecule has 0 bridgehead atoms. The lowest BCUT2D eigenvalue weighted by Crippen LogP contribution is -2.48. The maximum atomic E-state index is 13.0. The maximum absolute atomic E-state index is 13.0. The average Bonchev–Trinajstić information content (AvgIpc) is 3.18. The Bertz CT molecular complexity index is 386. The van der Waals surface area contributed by atoms with E-state index >= 15 is 0 Å². The van der Waals surface area contributed by atoms with Crippen LogP contribution in [0.15, 0.2) is 24.3 Å². The third-order valence-electron chi connectivity index (χ3n) is 4.57. The predicted octanol–water partition coefficient (Wildman–Crippen LogP) is 3.68. The highest BCUT2D eigenvalue weighted by Gasteiger charge is 2.44. The highest BCUT2D eigenvalue weighted by molar-refractivity contribution is 5.21. The molecule has 2 aliphatic rings. The van der Waals surface area contributed by atoms with Crippen molar-refractivity contribution >= 4 is 0 Å². The summed E-state index contributed by atoms with van der Waals surface area (Å²) in [7, 11) is 0. The van der Waals surface area contributed by atoms with E-state index in [1.165, 1.54) is 44.1 Å². The van der Waals surface area contributed by atoms with Crippen molar-refractivity contribution in [2.75, 3.05) is 6.54 Å². The molecule has 1 atom stereocenters. The number of nitrogens with one attached hydrogen (secondary N) is 1. The molecule has 1 unspecified atom stereocenters. The molecule has 1 heterocycles.